The smallest absolute Gasteiger partial charge is 0.191 e. The molecule has 25 heavy (non-hydrogen) atoms. The quantitative estimate of drug-likeness (QED) is 0.330. The Labute approximate surface area is 168 Å². The first-order chi connectivity index (χ1) is 11.7. The molecule has 1 aromatic rings. The second kappa shape index (κ2) is 11.4. The van der Waals surface area contributed by atoms with Gasteiger partial charge in [0, 0.05) is 19.1 Å². The summed E-state index contributed by atoms with van der Waals surface area (Å²) in [7, 11) is 1.54. The molecule has 3 N–H and O–H groups in total. The highest BCUT2D eigenvalue weighted by Crippen LogP contribution is 2.26. The second-order valence-corrected chi connectivity index (χ2v) is 6.01. The minimum atomic E-state index is 0. The second-order valence-electron chi connectivity index (χ2n) is 6.01. The molecule has 0 spiro atoms. The van der Waals surface area contributed by atoms with Crippen LogP contribution in [0.4, 0.5) is 0 Å². The summed E-state index contributed by atoms with van der Waals surface area (Å²) < 4.78 is 5.07. The van der Waals surface area contributed by atoms with Gasteiger partial charge in [-0.2, -0.15) is 0 Å². The maximum atomic E-state index is 9.85. The first-order valence-electron chi connectivity index (χ1n) is 8.80. The molecule has 1 fully saturated rings. The van der Waals surface area contributed by atoms with Crippen molar-refractivity contribution < 1.29 is 9.84 Å². The monoisotopic (exact) mass is 462 g/mol. The van der Waals surface area contributed by atoms with E-state index >= 15 is 0 Å². The number of aromatic hydroxyl groups is 1. The van der Waals surface area contributed by atoms with Gasteiger partial charge in [-0.25, -0.2) is 4.99 Å². The zero-order chi connectivity index (χ0) is 17.4. The fraction of sp³-hybridized carbons (Fsp3) is 0.611. The summed E-state index contributed by atoms with van der Waals surface area (Å²) in [5.74, 6) is 1.44. The molecule has 1 atom stereocenters. The van der Waals surface area contributed by atoms with Crippen LogP contribution in [0.25, 0.3) is 0 Å². The molecule has 0 amide bonds. The average Bonchev–Trinajstić information content (AvgIpc) is 3.05. The van der Waals surface area contributed by atoms with E-state index in [1.54, 1.807) is 19.2 Å². The highest BCUT2D eigenvalue weighted by Gasteiger charge is 2.22. The van der Waals surface area contributed by atoms with Crippen molar-refractivity contribution >= 4 is 29.9 Å². The van der Waals surface area contributed by atoms with Gasteiger partial charge in [0.2, 0.25) is 0 Å². The number of likely N-dealkylation sites (tertiary alicyclic amines) is 1. The summed E-state index contributed by atoms with van der Waals surface area (Å²) in [6.07, 6.45) is 2.52. The minimum Gasteiger partial charge on any atom is -0.504 e. The predicted octanol–water partition coefficient (Wildman–Crippen LogP) is 2.56. The van der Waals surface area contributed by atoms with Gasteiger partial charge in [0.05, 0.1) is 13.7 Å². The molecule has 1 aliphatic rings. The number of rotatable bonds is 7. The molecule has 0 aliphatic carbocycles. The van der Waals surface area contributed by atoms with Crippen molar-refractivity contribution in [1.29, 1.82) is 0 Å². The molecule has 0 saturated carbocycles. The van der Waals surface area contributed by atoms with Crippen molar-refractivity contribution in [3.05, 3.63) is 23.8 Å². The molecule has 7 heteroatoms. The molecular weight excluding hydrogens is 431 g/mol. The van der Waals surface area contributed by atoms with Gasteiger partial charge in [0.15, 0.2) is 17.5 Å². The van der Waals surface area contributed by atoms with Crippen LogP contribution < -0.4 is 15.4 Å². The van der Waals surface area contributed by atoms with Crippen molar-refractivity contribution in [2.75, 3.05) is 33.3 Å². The van der Waals surface area contributed by atoms with Crippen molar-refractivity contribution in [3.8, 4) is 11.5 Å². The van der Waals surface area contributed by atoms with Gasteiger partial charge in [-0.1, -0.05) is 13.0 Å². The Morgan fingerprint density at radius 2 is 2.16 bits per heavy atom. The minimum absolute atomic E-state index is 0. The van der Waals surface area contributed by atoms with Gasteiger partial charge in [-0.15, -0.1) is 24.0 Å². The number of ether oxygens (including phenoxy) is 1. The molecule has 0 bridgehead atoms. The number of hydrogen-bond donors (Lipinski definition) is 3. The van der Waals surface area contributed by atoms with Crippen LogP contribution in [0.3, 0.4) is 0 Å². The van der Waals surface area contributed by atoms with Gasteiger partial charge < -0.3 is 20.5 Å². The number of likely N-dealkylation sites (N-methyl/N-ethyl adjacent to an activating group) is 1. The molecule has 6 nitrogen and oxygen atoms in total. The van der Waals surface area contributed by atoms with Crippen LogP contribution in [0.2, 0.25) is 0 Å². The third kappa shape index (κ3) is 6.54. The van der Waals surface area contributed by atoms with E-state index < -0.39 is 0 Å². The average molecular weight is 462 g/mol. The third-order valence-electron chi connectivity index (χ3n) is 4.42. The zero-order valence-electron chi connectivity index (χ0n) is 15.4. The van der Waals surface area contributed by atoms with Crippen LogP contribution in [0.1, 0.15) is 32.3 Å². The lowest BCUT2D eigenvalue weighted by Crippen LogP contribution is -2.44. The zero-order valence-corrected chi connectivity index (χ0v) is 17.7. The number of benzene rings is 1. The Kier molecular flexibility index (Phi) is 9.96. The maximum absolute atomic E-state index is 9.85. The van der Waals surface area contributed by atoms with Crippen molar-refractivity contribution in [2.24, 2.45) is 4.99 Å². The number of nitrogens with zero attached hydrogens (tertiary/aromatic N) is 2. The number of halogens is 1. The number of guanidine groups is 1. The van der Waals surface area contributed by atoms with Crippen molar-refractivity contribution in [1.82, 2.24) is 15.5 Å². The maximum Gasteiger partial charge on any atom is 0.191 e. The predicted molar refractivity (Wildman–Crippen MR) is 113 cm³/mol. The van der Waals surface area contributed by atoms with E-state index in [4.69, 9.17) is 4.74 Å². The third-order valence-corrected chi connectivity index (χ3v) is 4.42. The summed E-state index contributed by atoms with van der Waals surface area (Å²) in [4.78, 5) is 7.13. The van der Waals surface area contributed by atoms with E-state index in [1.165, 1.54) is 19.4 Å². The molecule has 0 aromatic heterocycles. The molecule has 1 heterocycles. The topological polar surface area (TPSA) is 69.1 Å². The van der Waals surface area contributed by atoms with Gasteiger partial charge in [0.1, 0.15) is 0 Å². The lowest BCUT2D eigenvalue weighted by atomic mass is 10.2. The molecule has 1 unspecified atom stereocenters. The standard InChI is InChI=1S/C18H30N4O2.HI/c1-4-19-18(21-13-15-7-6-10-22(15)5-2)20-12-14-8-9-17(24-3)16(23)11-14;/h8-9,11,15,23H,4-7,10,12-13H2,1-3H3,(H2,19,20,21);1H. The summed E-state index contributed by atoms with van der Waals surface area (Å²) in [6.45, 7) is 8.81. The van der Waals surface area contributed by atoms with Gasteiger partial charge in [-0.05, 0) is 50.6 Å². The van der Waals surface area contributed by atoms with Crippen LogP contribution in [0, 0.1) is 0 Å². The first kappa shape index (κ1) is 21.8. The molecule has 1 aliphatic heterocycles. The van der Waals surface area contributed by atoms with Crippen LogP contribution >= 0.6 is 24.0 Å². The van der Waals surface area contributed by atoms with Gasteiger partial charge in [0.25, 0.3) is 0 Å². The number of methoxy groups -OCH3 is 1. The van der Waals surface area contributed by atoms with Gasteiger partial charge in [-0.3, -0.25) is 4.90 Å². The van der Waals surface area contributed by atoms with Crippen LogP contribution in [0.5, 0.6) is 11.5 Å². The molecule has 142 valence electrons. The van der Waals surface area contributed by atoms with E-state index in [9.17, 15) is 5.11 Å². The van der Waals surface area contributed by atoms with Crippen LogP contribution in [0.15, 0.2) is 23.2 Å². The van der Waals surface area contributed by atoms with Gasteiger partial charge >= 0.3 is 0 Å². The number of phenolic OH excluding ortho intramolecular Hbond substituents is 1. The molecule has 0 radical (unpaired) electrons. The molecule has 2 rings (SSSR count). The van der Waals surface area contributed by atoms with E-state index in [1.807, 2.05) is 6.07 Å². The Morgan fingerprint density at radius 3 is 2.80 bits per heavy atom. The Bertz CT molecular complexity index is 554. The van der Waals surface area contributed by atoms with E-state index in [0.29, 0.717) is 18.3 Å². The SMILES string of the molecule is CCNC(=NCc1ccc(OC)c(O)c1)NCC1CCCN1CC.I. The first-order valence-corrected chi connectivity index (χ1v) is 8.80. The fourth-order valence-electron chi connectivity index (χ4n) is 3.10. The van der Waals surface area contributed by atoms with Crippen molar-refractivity contribution in [2.45, 2.75) is 39.3 Å². The van der Waals surface area contributed by atoms with E-state index in [0.717, 1.165) is 31.2 Å². The number of nitrogens with one attached hydrogen (secondary N) is 2. The Morgan fingerprint density at radius 1 is 1.36 bits per heavy atom. The highest BCUT2D eigenvalue weighted by atomic mass is 127. The molecule has 1 aromatic carbocycles. The Hall–Kier alpha value is -1.22. The highest BCUT2D eigenvalue weighted by molar-refractivity contribution is 14.0. The lowest BCUT2D eigenvalue weighted by Gasteiger charge is -2.24. The van der Waals surface area contributed by atoms with Crippen molar-refractivity contribution in [3.63, 3.8) is 0 Å². The normalized spacial score (nSPS) is 17.9. The van der Waals surface area contributed by atoms with Crippen LogP contribution in [-0.4, -0.2) is 55.3 Å². The number of aliphatic imine (C=N–C) groups is 1. The Balaban J connectivity index is 0.00000312. The summed E-state index contributed by atoms with van der Waals surface area (Å²) >= 11 is 0. The summed E-state index contributed by atoms with van der Waals surface area (Å²) in [5, 5.41) is 16.6. The largest absolute Gasteiger partial charge is 0.504 e. The lowest BCUT2D eigenvalue weighted by molar-refractivity contribution is 0.267. The molecular formula is C18H31IN4O2. The molecule has 1 saturated heterocycles. The van der Waals surface area contributed by atoms with E-state index in [2.05, 4.69) is 34.4 Å². The van der Waals surface area contributed by atoms with Crippen LogP contribution in [-0.2, 0) is 6.54 Å². The summed E-state index contributed by atoms with van der Waals surface area (Å²) in [6, 6.07) is 5.96. The van der Waals surface area contributed by atoms with E-state index in [-0.39, 0.29) is 29.7 Å². The number of phenols is 1. The summed E-state index contributed by atoms with van der Waals surface area (Å²) in [5.41, 5.74) is 0.946. The number of hydrogen-bond acceptors (Lipinski definition) is 4. The fourth-order valence-corrected chi connectivity index (χ4v) is 3.10.